The smallest absolute Gasteiger partial charge is 0.424 e. The van der Waals surface area contributed by atoms with Gasteiger partial charge in [-0.3, -0.25) is 0 Å². The van der Waals surface area contributed by atoms with E-state index in [1.165, 1.54) is 12.1 Å². The van der Waals surface area contributed by atoms with Gasteiger partial charge in [0.25, 0.3) is 10.0 Å². The van der Waals surface area contributed by atoms with Gasteiger partial charge in [0.2, 0.25) is 0 Å². The number of hydrogen-bond acceptors (Lipinski definition) is 4. The molecule has 1 heterocycles. The van der Waals surface area contributed by atoms with Gasteiger partial charge in [-0.1, -0.05) is 64.0 Å². The quantitative estimate of drug-likeness (QED) is 0.725. The molecular formula is C17H16BrNO4S. The van der Waals surface area contributed by atoms with E-state index in [1.807, 2.05) is 25.1 Å². The molecule has 0 aliphatic carbocycles. The number of alkyl halides is 1. The zero-order valence-corrected chi connectivity index (χ0v) is 15.3. The largest absolute Gasteiger partial charge is 0.447 e. The number of nitrogens with zero attached hydrogens (tertiary/aromatic N) is 1. The molecule has 3 rings (SSSR count). The van der Waals surface area contributed by atoms with Gasteiger partial charge in [0.15, 0.2) is 0 Å². The zero-order valence-electron chi connectivity index (χ0n) is 12.9. The number of cyclic esters (lactones) is 1. The van der Waals surface area contributed by atoms with Gasteiger partial charge in [-0.15, -0.1) is 0 Å². The van der Waals surface area contributed by atoms with Gasteiger partial charge in [0, 0.05) is 0 Å². The normalized spacial score (nSPS) is 21.4. The number of amides is 1. The molecule has 0 bridgehead atoms. The molecule has 0 N–H and O–H groups in total. The summed E-state index contributed by atoms with van der Waals surface area (Å²) in [6, 6.07) is 14.8. The van der Waals surface area contributed by atoms with Crippen molar-refractivity contribution >= 4 is 32.0 Å². The van der Waals surface area contributed by atoms with Crippen molar-refractivity contribution in [3.8, 4) is 0 Å². The Morgan fingerprint density at radius 2 is 1.71 bits per heavy atom. The van der Waals surface area contributed by atoms with E-state index in [9.17, 15) is 13.2 Å². The van der Waals surface area contributed by atoms with Crippen LogP contribution < -0.4 is 0 Å². The monoisotopic (exact) mass is 409 g/mol. The third-order valence-electron chi connectivity index (χ3n) is 3.86. The zero-order chi connectivity index (χ0) is 17.3. The van der Waals surface area contributed by atoms with Gasteiger partial charge in [-0.05, 0) is 24.6 Å². The van der Waals surface area contributed by atoms with E-state index in [1.54, 1.807) is 24.3 Å². The lowest BCUT2D eigenvalue weighted by Crippen LogP contribution is -2.49. The van der Waals surface area contributed by atoms with Crippen molar-refractivity contribution in [3.63, 3.8) is 0 Å². The van der Waals surface area contributed by atoms with Crippen LogP contribution in [0.2, 0.25) is 0 Å². The van der Waals surface area contributed by atoms with Gasteiger partial charge >= 0.3 is 6.09 Å². The van der Waals surface area contributed by atoms with Crippen LogP contribution in [0.3, 0.4) is 0 Å². The van der Waals surface area contributed by atoms with Gasteiger partial charge < -0.3 is 4.74 Å². The summed E-state index contributed by atoms with van der Waals surface area (Å²) in [5, 5.41) is 0. The molecular weight excluding hydrogens is 394 g/mol. The Morgan fingerprint density at radius 1 is 1.08 bits per heavy atom. The fourth-order valence-electron chi connectivity index (χ4n) is 2.63. The highest BCUT2D eigenvalue weighted by Crippen LogP contribution is 2.37. The molecule has 24 heavy (non-hydrogen) atoms. The van der Waals surface area contributed by atoms with Crippen LogP contribution in [0, 0.1) is 6.92 Å². The Hall–Kier alpha value is -1.86. The molecule has 2 atom stereocenters. The molecule has 0 saturated carbocycles. The number of rotatable bonds is 3. The first-order chi connectivity index (χ1) is 11.4. The lowest BCUT2D eigenvalue weighted by atomic mass is 10.0. The van der Waals surface area contributed by atoms with Crippen molar-refractivity contribution in [2.45, 2.75) is 22.7 Å². The van der Waals surface area contributed by atoms with E-state index in [0.29, 0.717) is 0 Å². The van der Waals surface area contributed by atoms with Gasteiger partial charge in [-0.2, -0.15) is 4.31 Å². The van der Waals surface area contributed by atoms with Crippen molar-refractivity contribution in [3.05, 3.63) is 65.7 Å². The molecule has 2 aromatic carbocycles. The topological polar surface area (TPSA) is 63.7 Å². The summed E-state index contributed by atoms with van der Waals surface area (Å²) in [5.41, 5.74) is 1.67. The van der Waals surface area contributed by atoms with E-state index in [2.05, 4.69) is 15.9 Å². The van der Waals surface area contributed by atoms with Crippen LogP contribution in [-0.2, 0) is 14.8 Å². The van der Waals surface area contributed by atoms with E-state index in [0.717, 1.165) is 15.4 Å². The molecule has 0 unspecified atom stereocenters. The highest BCUT2D eigenvalue weighted by atomic mass is 79.9. The van der Waals surface area contributed by atoms with E-state index < -0.39 is 22.2 Å². The fraction of sp³-hybridized carbons (Fsp3) is 0.235. The first-order valence-electron chi connectivity index (χ1n) is 7.38. The van der Waals surface area contributed by atoms with Crippen molar-refractivity contribution < 1.29 is 17.9 Å². The summed E-state index contributed by atoms with van der Waals surface area (Å²) in [7, 11) is -4.03. The van der Waals surface area contributed by atoms with E-state index in [4.69, 9.17) is 4.74 Å². The molecule has 1 fully saturated rings. The second-order valence-electron chi connectivity index (χ2n) is 5.56. The molecule has 2 aromatic rings. The molecule has 126 valence electrons. The van der Waals surface area contributed by atoms with Gasteiger partial charge in [0.1, 0.15) is 6.61 Å². The molecule has 1 amide bonds. The predicted molar refractivity (Wildman–Crippen MR) is 93.4 cm³/mol. The summed E-state index contributed by atoms with van der Waals surface area (Å²) in [6.45, 7) is 1.98. The minimum absolute atomic E-state index is 0.0626. The summed E-state index contributed by atoms with van der Waals surface area (Å²) < 4.78 is 32.0. The highest BCUT2D eigenvalue weighted by molar-refractivity contribution is 9.09. The standard InChI is InChI=1S/C17H16BrNO4S/c1-12-7-9-14(10-8-12)24(21,22)19-16(13-5-3-2-4-6-13)15(18)11-23-17(19)20/h2-10,15-16H,11H2,1H3/t15-,16+/m0/s1. The first-order valence-corrected chi connectivity index (χ1v) is 9.74. The number of sulfonamides is 1. The number of aryl methyl sites for hydroxylation is 1. The summed E-state index contributed by atoms with van der Waals surface area (Å²) >= 11 is 3.45. The van der Waals surface area contributed by atoms with Crippen molar-refractivity contribution in [2.75, 3.05) is 6.61 Å². The Labute approximate surface area is 149 Å². The summed E-state index contributed by atoms with van der Waals surface area (Å²) in [4.78, 5) is 12.0. The minimum atomic E-state index is -4.03. The summed E-state index contributed by atoms with van der Waals surface area (Å²) in [5.74, 6) is 0. The lowest BCUT2D eigenvalue weighted by Gasteiger charge is -2.37. The van der Waals surface area contributed by atoms with Crippen molar-refractivity contribution in [1.29, 1.82) is 0 Å². The molecule has 5 nitrogen and oxygen atoms in total. The molecule has 0 spiro atoms. The average Bonchev–Trinajstić information content (AvgIpc) is 2.57. The number of halogens is 1. The van der Waals surface area contributed by atoms with Crippen molar-refractivity contribution in [1.82, 2.24) is 4.31 Å². The maximum Gasteiger partial charge on any atom is 0.424 e. The molecule has 0 aromatic heterocycles. The van der Waals surface area contributed by atoms with Crippen LogP contribution in [0.5, 0.6) is 0 Å². The molecule has 7 heteroatoms. The van der Waals surface area contributed by atoms with Crippen LogP contribution in [0.4, 0.5) is 4.79 Å². The second-order valence-corrected chi connectivity index (χ2v) is 8.55. The van der Waals surface area contributed by atoms with Crippen LogP contribution in [-0.4, -0.2) is 30.3 Å². The van der Waals surface area contributed by atoms with E-state index >= 15 is 0 Å². The Balaban J connectivity index is 2.10. The number of carbonyl (C=O) groups is 1. The fourth-order valence-corrected chi connectivity index (χ4v) is 4.99. The van der Waals surface area contributed by atoms with Crippen LogP contribution in [0.1, 0.15) is 17.2 Å². The van der Waals surface area contributed by atoms with Crippen LogP contribution >= 0.6 is 15.9 Å². The average molecular weight is 410 g/mol. The predicted octanol–water partition coefficient (Wildman–Crippen LogP) is 3.64. The van der Waals surface area contributed by atoms with Gasteiger partial charge in [0.05, 0.1) is 15.8 Å². The van der Waals surface area contributed by atoms with E-state index in [-0.39, 0.29) is 16.3 Å². The summed E-state index contributed by atoms with van der Waals surface area (Å²) in [6.07, 6.45) is -0.861. The maximum absolute atomic E-state index is 13.0. The lowest BCUT2D eigenvalue weighted by molar-refractivity contribution is 0.0839. The Kier molecular flexibility index (Phi) is 4.64. The molecule has 1 aliphatic heterocycles. The van der Waals surface area contributed by atoms with Gasteiger partial charge in [-0.25, -0.2) is 13.2 Å². The maximum atomic E-state index is 13.0. The Bertz CT molecular complexity index is 837. The third kappa shape index (κ3) is 3.06. The third-order valence-corrected chi connectivity index (χ3v) is 6.39. The van der Waals surface area contributed by atoms with Crippen LogP contribution in [0.15, 0.2) is 59.5 Å². The number of hydrogen-bond donors (Lipinski definition) is 0. The molecule has 1 aliphatic rings. The first kappa shape index (κ1) is 17.0. The number of carbonyl (C=O) groups excluding carboxylic acids is 1. The number of benzene rings is 2. The minimum Gasteiger partial charge on any atom is -0.447 e. The van der Waals surface area contributed by atoms with Crippen LogP contribution in [0.25, 0.3) is 0 Å². The highest BCUT2D eigenvalue weighted by Gasteiger charge is 2.44. The SMILES string of the molecule is Cc1ccc(S(=O)(=O)N2C(=O)OC[C@H](Br)[C@H]2c2ccccc2)cc1. The second kappa shape index (κ2) is 6.57. The molecule has 1 saturated heterocycles. The Morgan fingerprint density at radius 3 is 2.33 bits per heavy atom. The number of ether oxygens (including phenoxy) is 1. The van der Waals surface area contributed by atoms with Crippen molar-refractivity contribution in [2.24, 2.45) is 0 Å². The molecule has 0 radical (unpaired) electrons.